The van der Waals surface area contributed by atoms with Crippen molar-refractivity contribution in [3.8, 4) is 0 Å². The van der Waals surface area contributed by atoms with Crippen molar-refractivity contribution in [2.45, 2.75) is 31.3 Å². The average Bonchev–Trinajstić information content (AvgIpc) is 3.00. The van der Waals surface area contributed by atoms with Gasteiger partial charge in [-0.05, 0) is 36.0 Å². The highest BCUT2D eigenvalue weighted by Gasteiger charge is 2.31. The fourth-order valence-corrected chi connectivity index (χ4v) is 3.94. The van der Waals surface area contributed by atoms with E-state index in [1.165, 1.54) is 28.4 Å². The zero-order valence-electron chi connectivity index (χ0n) is 13.4. The molecule has 1 heterocycles. The lowest BCUT2D eigenvalue weighted by Crippen LogP contribution is -2.34. The molecule has 4 rings (SSSR count). The molecule has 0 spiro atoms. The van der Waals surface area contributed by atoms with Crippen molar-refractivity contribution in [3.05, 3.63) is 82.6 Å². The Morgan fingerprint density at radius 3 is 2.58 bits per heavy atom. The molecular weight excluding hydrogens is 362 g/mol. The van der Waals surface area contributed by atoms with Gasteiger partial charge in [0, 0.05) is 16.7 Å². The highest BCUT2D eigenvalue weighted by molar-refractivity contribution is 9.10. The van der Waals surface area contributed by atoms with Gasteiger partial charge in [-0.25, -0.2) is 0 Å². The van der Waals surface area contributed by atoms with Gasteiger partial charge >= 0.3 is 0 Å². The van der Waals surface area contributed by atoms with Gasteiger partial charge < -0.3 is 5.32 Å². The van der Waals surface area contributed by atoms with Crippen LogP contribution < -0.4 is 5.32 Å². The molecule has 1 aliphatic rings. The summed E-state index contributed by atoms with van der Waals surface area (Å²) in [6.45, 7) is 0.812. The van der Waals surface area contributed by atoms with Crippen LogP contribution in [-0.4, -0.2) is 15.8 Å². The number of nitrogens with one attached hydrogen (secondary N) is 1. The molecule has 3 nitrogen and oxygen atoms in total. The van der Waals surface area contributed by atoms with E-state index in [0.717, 1.165) is 12.2 Å². The lowest BCUT2D eigenvalue weighted by Gasteiger charge is -2.37. The molecule has 0 atom stereocenters. The molecule has 1 N–H and O–H groups in total. The van der Waals surface area contributed by atoms with Crippen LogP contribution in [0.25, 0.3) is 0 Å². The molecule has 1 aliphatic carbocycles. The van der Waals surface area contributed by atoms with E-state index in [-0.39, 0.29) is 0 Å². The Bertz CT molecular complexity index is 807. The summed E-state index contributed by atoms with van der Waals surface area (Å²) in [6.07, 6.45) is 6.37. The van der Waals surface area contributed by atoms with E-state index in [9.17, 15) is 0 Å². The summed E-state index contributed by atoms with van der Waals surface area (Å²) >= 11 is 3.66. The van der Waals surface area contributed by atoms with Gasteiger partial charge in [0.25, 0.3) is 0 Å². The zero-order valence-corrected chi connectivity index (χ0v) is 15.0. The molecule has 0 amide bonds. The van der Waals surface area contributed by atoms with Gasteiger partial charge in [-0.2, -0.15) is 5.10 Å². The smallest absolute Gasteiger partial charge is 0.0728 e. The molecule has 0 saturated heterocycles. The van der Waals surface area contributed by atoms with Gasteiger partial charge in [0.05, 0.1) is 18.4 Å². The number of halogens is 1. The number of hydrogen-bond acceptors (Lipinski definition) is 2. The van der Waals surface area contributed by atoms with E-state index in [0.29, 0.717) is 12.0 Å². The van der Waals surface area contributed by atoms with E-state index in [2.05, 4.69) is 81.1 Å². The highest BCUT2D eigenvalue weighted by Crippen LogP contribution is 2.41. The molecule has 1 aromatic heterocycles. The standard InChI is InChI=1S/C20H20BrN3/c21-20-9-5-4-8-19(20)16-10-17(11-16)23-18-12-22-24(14-18)13-15-6-2-1-3-7-15/h1-9,12,14,16-17,23H,10-11,13H2. The molecule has 2 aromatic carbocycles. The monoisotopic (exact) mass is 381 g/mol. The fourth-order valence-electron chi connectivity index (χ4n) is 3.33. The van der Waals surface area contributed by atoms with Crippen LogP contribution >= 0.6 is 15.9 Å². The lowest BCUT2D eigenvalue weighted by atomic mass is 9.76. The van der Waals surface area contributed by atoms with Gasteiger partial charge in [0.2, 0.25) is 0 Å². The fraction of sp³-hybridized carbons (Fsp3) is 0.250. The molecule has 0 aliphatic heterocycles. The molecule has 0 unspecified atom stereocenters. The van der Waals surface area contributed by atoms with Gasteiger partial charge in [-0.3, -0.25) is 4.68 Å². The number of benzene rings is 2. The Kier molecular flexibility index (Phi) is 4.39. The maximum absolute atomic E-state index is 4.46. The predicted octanol–water partition coefficient (Wildman–Crippen LogP) is 5.05. The van der Waals surface area contributed by atoms with Crippen molar-refractivity contribution < 1.29 is 0 Å². The number of rotatable bonds is 5. The topological polar surface area (TPSA) is 29.9 Å². The first-order valence-electron chi connectivity index (χ1n) is 8.35. The average molecular weight is 382 g/mol. The summed E-state index contributed by atoms with van der Waals surface area (Å²) in [4.78, 5) is 0. The van der Waals surface area contributed by atoms with Crippen molar-refractivity contribution >= 4 is 21.6 Å². The number of nitrogens with zero attached hydrogens (tertiary/aromatic N) is 2. The minimum atomic E-state index is 0.538. The second kappa shape index (κ2) is 6.81. The minimum Gasteiger partial charge on any atom is -0.380 e. The molecule has 1 fully saturated rings. The Morgan fingerprint density at radius 2 is 1.79 bits per heavy atom. The second-order valence-corrected chi connectivity index (χ2v) is 7.30. The third kappa shape index (κ3) is 3.39. The van der Waals surface area contributed by atoms with Crippen LogP contribution in [0.5, 0.6) is 0 Å². The van der Waals surface area contributed by atoms with E-state index in [1.54, 1.807) is 0 Å². The largest absolute Gasteiger partial charge is 0.380 e. The van der Waals surface area contributed by atoms with Crippen LogP contribution in [-0.2, 0) is 6.54 Å². The molecule has 122 valence electrons. The van der Waals surface area contributed by atoms with Crippen molar-refractivity contribution in [2.75, 3.05) is 5.32 Å². The summed E-state index contributed by atoms with van der Waals surface area (Å²) in [6, 6.07) is 19.5. The summed E-state index contributed by atoms with van der Waals surface area (Å²) in [5.74, 6) is 0.650. The van der Waals surface area contributed by atoms with Gasteiger partial charge in [0.1, 0.15) is 0 Å². The summed E-state index contributed by atoms with van der Waals surface area (Å²) in [5, 5.41) is 8.07. The maximum atomic E-state index is 4.46. The number of hydrogen-bond donors (Lipinski definition) is 1. The minimum absolute atomic E-state index is 0.538. The van der Waals surface area contributed by atoms with Crippen molar-refractivity contribution in [3.63, 3.8) is 0 Å². The number of aromatic nitrogens is 2. The zero-order chi connectivity index (χ0) is 16.4. The van der Waals surface area contributed by atoms with Crippen LogP contribution in [0, 0.1) is 0 Å². The Balaban J connectivity index is 1.32. The van der Waals surface area contributed by atoms with Gasteiger partial charge in [-0.15, -0.1) is 0 Å². The van der Waals surface area contributed by atoms with Crippen LogP contribution in [0.3, 0.4) is 0 Å². The molecular formula is C20H20BrN3. The summed E-state index contributed by atoms with van der Waals surface area (Å²) in [7, 11) is 0. The highest BCUT2D eigenvalue weighted by atomic mass is 79.9. The van der Waals surface area contributed by atoms with Crippen LogP contribution in [0.2, 0.25) is 0 Å². The lowest BCUT2D eigenvalue weighted by molar-refractivity contribution is 0.373. The first kappa shape index (κ1) is 15.5. The van der Waals surface area contributed by atoms with Crippen LogP contribution in [0.15, 0.2) is 71.5 Å². The van der Waals surface area contributed by atoms with Gasteiger partial charge in [-0.1, -0.05) is 64.5 Å². The molecule has 0 bridgehead atoms. The van der Waals surface area contributed by atoms with E-state index >= 15 is 0 Å². The SMILES string of the molecule is Brc1ccccc1C1CC(Nc2cnn(Cc3ccccc3)c2)C1. The third-order valence-electron chi connectivity index (χ3n) is 4.67. The maximum Gasteiger partial charge on any atom is 0.0728 e. The first-order valence-corrected chi connectivity index (χ1v) is 9.14. The van der Waals surface area contributed by atoms with E-state index in [4.69, 9.17) is 0 Å². The predicted molar refractivity (Wildman–Crippen MR) is 101 cm³/mol. The van der Waals surface area contributed by atoms with Crippen LogP contribution in [0.1, 0.15) is 29.9 Å². The Labute approximate surface area is 150 Å². The molecule has 24 heavy (non-hydrogen) atoms. The molecule has 3 aromatic rings. The van der Waals surface area contributed by atoms with Crippen LogP contribution in [0.4, 0.5) is 5.69 Å². The van der Waals surface area contributed by atoms with Gasteiger partial charge in [0.15, 0.2) is 0 Å². The summed E-state index contributed by atoms with van der Waals surface area (Å²) in [5.41, 5.74) is 3.81. The number of anilines is 1. The molecule has 4 heteroatoms. The Morgan fingerprint density at radius 1 is 1.04 bits per heavy atom. The normalized spacial score (nSPS) is 19.7. The van der Waals surface area contributed by atoms with E-state index < -0.39 is 0 Å². The second-order valence-electron chi connectivity index (χ2n) is 6.44. The third-order valence-corrected chi connectivity index (χ3v) is 5.40. The van der Waals surface area contributed by atoms with Crippen molar-refractivity contribution in [1.29, 1.82) is 0 Å². The van der Waals surface area contributed by atoms with Crippen molar-refractivity contribution in [2.24, 2.45) is 0 Å². The summed E-state index contributed by atoms with van der Waals surface area (Å²) < 4.78 is 3.21. The Hall–Kier alpha value is -2.07. The molecule has 0 radical (unpaired) electrons. The van der Waals surface area contributed by atoms with Crippen molar-refractivity contribution in [1.82, 2.24) is 9.78 Å². The van der Waals surface area contributed by atoms with E-state index in [1.807, 2.05) is 16.9 Å². The molecule has 1 saturated carbocycles. The quantitative estimate of drug-likeness (QED) is 0.669. The first-order chi connectivity index (χ1) is 11.8.